The number of benzene rings is 3. The summed E-state index contributed by atoms with van der Waals surface area (Å²) in [5.74, 6) is 1.03. The Hall–Kier alpha value is -2.65. The Bertz CT molecular complexity index is 1130. The van der Waals surface area contributed by atoms with Crippen molar-refractivity contribution in [1.29, 1.82) is 0 Å². The van der Waals surface area contributed by atoms with Crippen LogP contribution < -0.4 is 0 Å². The van der Waals surface area contributed by atoms with E-state index in [2.05, 4.69) is 67.6 Å². The Kier molecular flexibility index (Phi) is 5.54. The third kappa shape index (κ3) is 3.87. The van der Waals surface area contributed by atoms with Crippen LogP contribution in [0.4, 0.5) is 4.39 Å². The summed E-state index contributed by atoms with van der Waals surface area (Å²) in [7, 11) is 0. The minimum absolute atomic E-state index is 0.135. The van der Waals surface area contributed by atoms with Crippen LogP contribution in [0.5, 0.6) is 0 Å². The van der Waals surface area contributed by atoms with Gasteiger partial charge in [-0.15, -0.1) is 11.8 Å². The van der Waals surface area contributed by atoms with Crippen LogP contribution in [0, 0.1) is 11.2 Å². The van der Waals surface area contributed by atoms with E-state index in [0.29, 0.717) is 0 Å². The summed E-state index contributed by atoms with van der Waals surface area (Å²) in [6.45, 7) is 3.16. The smallest absolute Gasteiger partial charge is 0.123 e. The summed E-state index contributed by atoms with van der Waals surface area (Å²) in [4.78, 5) is 4.99. The molecule has 0 bridgehead atoms. The number of fused-ring (bicyclic) bond motifs is 1. The molecule has 1 heterocycles. The first-order valence-corrected chi connectivity index (χ1v) is 11.9. The molecule has 2 atom stereocenters. The van der Waals surface area contributed by atoms with Gasteiger partial charge in [0.05, 0.1) is 5.04 Å². The van der Waals surface area contributed by atoms with Crippen molar-refractivity contribution in [3.8, 4) is 0 Å². The number of aliphatic imine (C=N–C) groups is 1. The summed E-state index contributed by atoms with van der Waals surface area (Å²) < 4.78 is 13.7. The minimum atomic E-state index is -0.191. The molecule has 0 fully saturated rings. The molecule has 1 aliphatic carbocycles. The van der Waals surface area contributed by atoms with Crippen LogP contribution >= 0.6 is 11.8 Å². The number of hydrogen-bond acceptors (Lipinski definition) is 2. The lowest BCUT2D eigenvalue weighted by atomic mass is 9.65. The summed E-state index contributed by atoms with van der Waals surface area (Å²) in [5, 5.41) is 1.26. The van der Waals surface area contributed by atoms with Gasteiger partial charge in [0.1, 0.15) is 5.82 Å². The molecular weight excluding hydrogens is 401 g/mol. The van der Waals surface area contributed by atoms with Crippen LogP contribution in [-0.4, -0.2) is 17.3 Å². The molecule has 0 radical (unpaired) electrons. The van der Waals surface area contributed by atoms with Crippen LogP contribution in [0.1, 0.15) is 41.5 Å². The average molecular weight is 428 g/mol. The molecule has 1 nitrogen and oxygen atoms in total. The maximum atomic E-state index is 13.7. The van der Waals surface area contributed by atoms with Crippen molar-refractivity contribution in [2.45, 2.75) is 25.7 Å². The van der Waals surface area contributed by atoms with E-state index in [1.807, 2.05) is 23.9 Å². The molecule has 2 unspecified atom stereocenters. The average Bonchev–Trinajstić information content (AvgIpc) is 3.35. The molecule has 3 aromatic carbocycles. The minimum Gasteiger partial charge on any atom is -0.281 e. The topological polar surface area (TPSA) is 12.4 Å². The second-order valence-corrected chi connectivity index (χ2v) is 9.62. The first kappa shape index (κ1) is 20.3. The molecule has 0 N–H and O–H groups in total. The van der Waals surface area contributed by atoms with Crippen molar-refractivity contribution < 1.29 is 4.39 Å². The number of rotatable bonds is 5. The van der Waals surface area contributed by atoms with Crippen molar-refractivity contribution >= 4 is 22.9 Å². The summed E-state index contributed by atoms with van der Waals surface area (Å²) in [5.41, 5.74) is 6.37. The molecule has 0 aromatic heterocycles. The van der Waals surface area contributed by atoms with E-state index in [4.69, 9.17) is 4.99 Å². The van der Waals surface area contributed by atoms with Gasteiger partial charge in [-0.05, 0) is 54.2 Å². The van der Waals surface area contributed by atoms with E-state index in [1.165, 1.54) is 27.3 Å². The first-order chi connectivity index (χ1) is 15.2. The zero-order chi connectivity index (χ0) is 21.3. The van der Waals surface area contributed by atoms with Gasteiger partial charge in [0.2, 0.25) is 0 Å². The van der Waals surface area contributed by atoms with Crippen molar-refractivity contribution in [3.05, 3.63) is 113 Å². The third-order valence-corrected chi connectivity index (χ3v) is 7.88. The highest BCUT2D eigenvalue weighted by molar-refractivity contribution is 8.14. The molecule has 1 aliphatic heterocycles. The van der Waals surface area contributed by atoms with Gasteiger partial charge in [0.15, 0.2) is 0 Å². The lowest BCUT2D eigenvalue weighted by molar-refractivity contribution is 0.431. The molecule has 156 valence electrons. The normalized spacial score (nSPS) is 21.2. The maximum absolute atomic E-state index is 13.7. The Morgan fingerprint density at radius 2 is 1.65 bits per heavy atom. The van der Waals surface area contributed by atoms with E-state index in [-0.39, 0.29) is 17.2 Å². The Morgan fingerprint density at radius 1 is 0.935 bits per heavy atom. The second-order valence-electron chi connectivity index (χ2n) is 8.54. The third-order valence-electron chi connectivity index (χ3n) is 6.70. The summed E-state index contributed by atoms with van der Waals surface area (Å²) in [6, 6.07) is 26.4. The summed E-state index contributed by atoms with van der Waals surface area (Å²) in [6.07, 6.45) is 4.24. The molecule has 0 amide bonds. The van der Waals surface area contributed by atoms with Crippen LogP contribution in [0.3, 0.4) is 0 Å². The van der Waals surface area contributed by atoms with Crippen LogP contribution in [0.15, 0.2) is 89.4 Å². The number of thioether (sulfide) groups is 1. The predicted molar refractivity (Wildman–Crippen MR) is 130 cm³/mol. The summed E-state index contributed by atoms with van der Waals surface area (Å²) >= 11 is 1.91. The van der Waals surface area contributed by atoms with Gasteiger partial charge >= 0.3 is 0 Å². The second kappa shape index (κ2) is 8.47. The molecule has 2 aliphatic rings. The highest BCUT2D eigenvalue weighted by Gasteiger charge is 2.43. The molecule has 0 saturated carbocycles. The van der Waals surface area contributed by atoms with Crippen LogP contribution in [0.2, 0.25) is 0 Å². The number of allylic oxidation sites excluding steroid dienone is 1. The standard InChI is InChI=1S/C28H26FNS/c1-20-17-23-9-5-6-10-24(23)18-28(20,27-30-15-16-31-27)19-26(21-7-3-2-4-8-21)22-11-13-25(29)14-12-22/h2-14,17,26H,15-16,18-19H2,1H3. The molecule has 5 rings (SSSR count). The fourth-order valence-electron chi connectivity index (χ4n) is 5.02. The van der Waals surface area contributed by atoms with Gasteiger partial charge in [-0.1, -0.05) is 78.4 Å². The zero-order valence-electron chi connectivity index (χ0n) is 17.7. The largest absolute Gasteiger partial charge is 0.281 e. The van der Waals surface area contributed by atoms with Gasteiger partial charge < -0.3 is 0 Å². The van der Waals surface area contributed by atoms with Crippen LogP contribution in [0.25, 0.3) is 6.08 Å². The maximum Gasteiger partial charge on any atom is 0.123 e. The van der Waals surface area contributed by atoms with Gasteiger partial charge in [0, 0.05) is 23.6 Å². The number of nitrogens with zero attached hydrogens (tertiary/aromatic N) is 1. The Balaban J connectivity index is 1.63. The van der Waals surface area contributed by atoms with E-state index in [9.17, 15) is 4.39 Å². The van der Waals surface area contributed by atoms with Crippen molar-refractivity contribution in [3.63, 3.8) is 0 Å². The first-order valence-electron chi connectivity index (χ1n) is 10.9. The van der Waals surface area contributed by atoms with Crippen molar-refractivity contribution in [2.75, 3.05) is 12.3 Å². The molecular formula is C28H26FNS. The Morgan fingerprint density at radius 3 is 2.39 bits per heavy atom. The van der Waals surface area contributed by atoms with Gasteiger partial charge in [-0.3, -0.25) is 4.99 Å². The van der Waals surface area contributed by atoms with E-state index in [1.54, 1.807) is 12.1 Å². The quantitative estimate of drug-likeness (QED) is 0.421. The van der Waals surface area contributed by atoms with Gasteiger partial charge in [-0.25, -0.2) is 4.39 Å². The van der Waals surface area contributed by atoms with Crippen molar-refractivity contribution in [1.82, 2.24) is 0 Å². The highest BCUT2D eigenvalue weighted by atomic mass is 32.2. The molecule has 0 spiro atoms. The van der Waals surface area contributed by atoms with E-state index in [0.717, 1.165) is 30.7 Å². The zero-order valence-corrected chi connectivity index (χ0v) is 18.5. The fraction of sp³-hybridized carbons (Fsp3) is 0.250. The molecule has 3 aromatic rings. The number of halogens is 1. The molecule has 0 saturated heterocycles. The lowest BCUT2D eigenvalue weighted by Crippen LogP contribution is -2.36. The fourth-order valence-corrected chi connectivity index (χ4v) is 6.17. The van der Waals surface area contributed by atoms with E-state index < -0.39 is 0 Å². The SMILES string of the molecule is CC1=Cc2ccccc2CC1(CC(c1ccccc1)c1ccc(F)cc1)C1=NCCS1. The van der Waals surface area contributed by atoms with E-state index >= 15 is 0 Å². The lowest BCUT2D eigenvalue weighted by Gasteiger charge is -2.41. The monoisotopic (exact) mass is 427 g/mol. The van der Waals surface area contributed by atoms with Crippen molar-refractivity contribution in [2.24, 2.45) is 10.4 Å². The number of hydrogen-bond donors (Lipinski definition) is 0. The van der Waals surface area contributed by atoms with Gasteiger partial charge in [0.25, 0.3) is 0 Å². The Labute approximate surface area is 188 Å². The molecule has 3 heteroatoms. The predicted octanol–water partition coefficient (Wildman–Crippen LogP) is 7.14. The van der Waals surface area contributed by atoms with Gasteiger partial charge in [-0.2, -0.15) is 0 Å². The highest BCUT2D eigenvalue weighted by Crippen LogP contribution is 2.50. The molecule has 31 heavy (non-hydrogen) atoms. The van der Waals surface area contributed by atoms with Crippen LogP contribution in [-0.2, 0) is 6.42 Å².